The molecule has 0 unspecified atom stereocenters. The standard InChI is InChI=1S/C15H14N6S/c1-20-14-12(9-19-20)13(17-10-18-14)16-8-11-4-7-22-15(11)21-5-2-3-6-21/h2-7,9-10H,8H2,1H3,(H,16,17,18). The van der Waals surface area contributed by atoms with E-state index in [4.69, 9.17) is 0 Å². The van der Waals surface area contributed by atoms with Crippen LogP contribution in [-0.2, 0) is 13.6 Å². The summed E-state index contributed by atoms with van der Waals surface area (Å²) in [5.41, 5.74) is 2.06. The van der Waals surface area contributed by atoms with Gasteiger partial charge in [-0.05, 0) is 23.6 Å². The Hall–Kier alpha value is -2.67. The lowest BCUT2D eigenvalue weighted by Crippen LogP contribution is -2.04. The van der Waals surface area contributed by atoms with Crippen LogP contribution < -0.4 is 5.32 Å². The number of fused-ring (bicyclic) bond motifs is 1. The molecule has 1 N–H and O–H groups in total. The van der Waals surface area contributed by atoms with E-state index >= 15 is 0 Å². The Morgan fingerprint density at radius 2 is 2.09 bits per heavy atom. The van der Waals surface area contributed by atoms with Crippen molar-refractivity contribution >= 4 is 28.2 Å². The summed E-state index contributed by atoms with van der Waals surface area (Å²) < 4.78 is 3.87. The maximum atomic E-state index is 4.33. The smallest absolute Gasteiger partial charge is 0.163 e. The third-order valence-electron chi connectivity index (χ3n) is 3.54. The second-order valence-electron chi connectivity index (χ2n) is 4.92. The van der Waals surface area contributed by atoms with Gasteiger partial charge < -0.3 is 9.88 Å². The summed E-state index contributed by atoms with van der Waals surface area (Å²) in [6.45, 7) is 0.706. The van der Waals surface area contributed by atoms with Gasteiger partial charge in [-0.1, -0.05) is 0 Å². The van der Waals surface area contributed by atoms with E-state index in [0.29, 0.717) is 6.54 Å². The normalized spacial score (nSPS) is 11.1. The van der Waals surface area contributed by atoms with Gasteiger partial charge in [0, 0.05) is 31.5 Å². The van der Waals surface area contributed by atoms with Crippen molar-refractivity contribution in [2.75, 3.05) is 5.32 Å². The van der Waals surface area contributed by atoms with Crippen LogP contribution >= 0.6 is 11.3 Å². The maximum Gasteiger partial charge on any atom is 0.163 e. The summed E-state index contributed by atoms with van der Waals surface area (Å²) in [6.07, 6.45) is 7.46. The first-order valence-electron chi connectivity index (χ1n) is 6.89. The van der Waals surface area contributed by atoms with Gasteiger partial charge in [0.25, 0.3) is 0 Å². The second-order valence-corrected chi connectivity index (χ2v) is 5.82. The van der Waals surface area contributed by atoms with Gasteiger partial charge in [0.05, 0.1) is 11.6 Å². The van der Waals surface area contributed by atoms with Crippen LogP contribution in [-0.4, -0.2) is 24.3 Å². The van der Waals surface area contributed by atoms with Gasteiger partial charge in [-0.2, -0.15) is 5.10 Å². The molecular formula is C15H14N6S. The van der Waals surface area contributed by atoms with E-state index in [1.807, 2.05) is 19.2 Å². The molecule has 0 bridgehead atoms. The largest absolute Gasteiger partial charge is 0.365 e. The van der Waals surface area contributed by atoms with Crippen molar-refractivity contribution in [3.05, 3.63) is 54.1 Å². The number of aromatic nitrogens is 5. The molecule has 0 saturated carbocycles. The van der Waals surface area contributed by atoms with Crippen LogP contribution in [0.3, 0.4) is 0 Å². The van der Waals surface area contributed by atoms with Crippen molar-refractivity contribution in [1.29, 1.82) is 0 Å². The summed E-state index contributed by atoms with van der Waals surface area (Å²) in [7, 11) is 1.88. The van der Waals surface area contributed by atoms with E-state index in [9.17, 15) is 0 Å². The zero-order chi connectivity index (χ0) is 14.9. The third kappa shape index (κ3) is 2.15. The van der Waals surface area contributed by atoms with Gasteiger partial charge in [-0.15, -0.1) is 11.3 Å². The molecule has 0 saturated heterocycles. The SMILES string of the molecule is Cn1ncc2c(NCc3ccsc3-n3cccc3)ncnc21. The minimum absolute atomic E-state index is 0.706. The molecule has 0 amide bonds. The monoisotopic (exact) mass is 310 g/mol. The van der Waals surface area contributed by atoms with E-state index in [1.165, 1.54) is 10.6 Å². The van der Waals surface area contributed by atoms with Crippen molar-refractivity contribution in [3.8, 4) is 5.00 Å². The number of hydrogen-bond acceptors (Lipinski definition) is 5. The van der Waals surface area contributed by atoms with E-state index in [-0.39, 0.29) is 0 Å². The molecule has 4 heterocycles. The number of thiophene rings is 1. The Balaban J connectivity index is 1.62. The molecule has 4 aromatic rings. The molecule has 7 heteroatoms. The van der Waals surface area contributed by atoms with Crippen molar-refractivity contribution in [1.82, 2.24) is 24.3 Å². The fourth-order valence-electron chi connectivity index (χ4n) is 2.44. The topological polar surface area (TPSA) is 60.6 Å². The molecule has 0 spiro atoms. The number of nitrogens with one attached hydrogen (secondary N) is 1. The maximum absolute atomic E-state index is 4.33. The van der Waals surface area contributed by atoms with Crippen molar-refractivity contribution in [2.45, 2.75) is 6.54 Å². The van der Waals surface area contributed by atoms with Crippen LogP contribution in [0.4, 0.5) is 5.82 Å². The Morgan fingerprint density at radius 3 is 2.95 bits per heavy atom. The van der Waals surface area contributed by atoms with Gasteiger partial charge >= 0.3 is 0 Å². The van der Waals surface area contributed by atoms with Crippen LogP contribution in [0.5, 0.6) is 0 Å². The molecule has 6 nitrogen and oxygen atoms in total. The molecule has 0 aliphatic carbocycles. The molecule has 0 aromatic carbocycles. The minimum atomic E-state index is 0.706. The molecule has 22 heavy (non-hydrogen) atoms. The lowest BCUT2D eigenvalue weighted by molar-refractivity contribution is 0.785. The van der Waals surface area contributed by atoms with Crippen molar-refractivity contribution < 1.29 is 0 Å². The zero-order valence-corrected chi connectivity index (χ0v) is 12.8. The fourth-order valence-corrected chi connectivity index (χ4v) is 3.34. The minimum Gasteiger partial charge on any atom is -0.365 e. The molecule has 4 aromatic heterocycles. The van der Waals surface area contributed by atoms with Gasteiger partial charge in [0.2, 0.25) is 0 Å². The molecule has 0 radical (unpaired) electrons. The van der Waals surface area contributed by atoms with Crippen LogP contribution in [0.25, 0.3) is 16.0 Å². The van der Waals surface area contributed by atoms with Crippen LogP contribution in [0.15, 0.2) is 48.5 Å². The zero-order valence-electron chi connectivity index (χ0n) is 12.0. The lowest BCUT2D eigenvalue weighted by Gasteiger charge is -2.08. The summed E-state index contributed by atoms with van der Waals surface area (Å²) in [6, 6.07) is 6.19. The molecule has 0 atom stereocenters. The molecule has 4 rings (SSSR count). The predicted octanol–water partition coefficient (Wildman–Crippen LogP) is 2.83. The van der Waals surface area contributed by atoms with Gasteiger partial charge in [0.15, 0.2) is 5.65 Å². The number of hydrogen-bond donors (Lipinski definition) is 1. The molecule has 0 fully saturated rings. The van der Waals surface area contributed by atoms with Gasteiger partial charge in [0.1, 0.15) is 17.1 Å². The highest BCUT2D eigenvalue weighted by atomic mass is 32.1. The number of aryl methyl sites for hydroxylation is 1. The van der Waals surface area contributed by atoms with Crippen LogP contribution in [0, 0.1) is 0 Å². The summed E-state index contributed by atoms with van der Waals surface area (Å²) in [5.74, 6) is 0.808. The van der Waals surface area contributed by atoms with E-state index in [0.717, 1.165) is 16.9 Å². The second kappa shape index (κ2) is 5.27. The van der Waals surface area contributed by atoms with Crippen molar-refractivity contribution in [3.63, 3.8) is 0 Å². The summed E-state index contributed by atoms with van der Waals surface area (Å²) in [5, 5.41) is 11.9. The lowest BCUT2D eigenvalue weighted by atomic mass is 10.3. The third-order valence-corrected chi connectivity index (χ3v) is 4.51. The summed E-state index contributed by atoms with van der Waals surface area (Å²) >= 11 is 1.72. The van der Waals surface area contributed by atoms with E-state index in [1.54, 1.807) is 28.5 Å². The summed E-state index contributed by atoms with van der Waals surface area (Å²) in [4.78, 5) is 8.58. The predicted molar refractivity (Wildman–Crippen MR) is 87.3 cm³/mol. The van der Waals surface area contributed by atoms with Crippen LogP contribution in [0.1, 0.15) is 5.56 Å². The average Bonchev–Trinajstić information content (AvgIpc) is 3.26. The number of anilines is 1. The van der Waals surface area contributed by atoms with Gasteiger partial charge in [-0.3, -0.25) is 4.68 Å². The Morgan fingerprint density at radius 1 is 1.23 bits per heavy atom. The first kappa shape index (κ1) is 13.0. The fraction of sp³-hybridized carbons (Fsp3) is 0.133. The highest BCUT2D eigenvalue weighted by Gasteiger charge is 2.10. The Kier molecular flexibility index (Phi) is 3.12. The number of rotatable bonds is 4. The van der Waals surface area contributed by atoms with Gasteiger partial charge in [-0.25, -0.2) is 9.97 Å². The number of nitrogens with zero attached hydrogens (tertiary/aromatic N) is 5. The highest BCUT2D eigenvalue weighted by molar-refractivity contribution is 7.12. The Bertz CT molecular complexity index is 905. The molecule has 0 aliphatic rings. The molecule has 0 aliphatic heterocycles. The molecule has 110 valence electrons. The van der Waals surface area contributed by atoms with E-state index in [2.05, 4.69) is 48.8 Å². The highest BCUT2D eigenvalue weighted by Crippen LogP contribution is 2.24. The van der Waals surface area contributed by atoms with Crippen molar-refractivity contribution in [2.24, 2.45) is 7.05 Å². The van der Waals surface area contributed by atoms with E-state index < -0.39 is 0 Å². The van der Waals surface area contributed by atoms with Crippen LogP contribution in [0.2, 0.25) is 0 Å². The quantitative estimate of drug-likeness (QED) is 0.629. The Labute approximate surface area is 131 Å². The average molecular weight is 310 g/mol. The first-order chi connectivity index (χ1) is 10.8. The first-order valence-corrected chi connectivity index (χ1v) is 7.77. The molecular weight excluding hydrogens is 296 g/mol.